The van der Waals surface area contributed by atoms with Crippen LogP contribution >= 0.6 is 11.6 Å². The minimum Gasteiger partial charge on any atom is -0.362 e. The van der Waals surface area contributed by atoms with E-state index in [0.29, 0.717) is 18.4 Å². The van der Waals surface area contributed by atoms with Crippen LogP contribution in [0.15, 0.2) is 53.6 Å². The second-order valence-electron chi connectivity index (χ2n) is 6.87. The Morgan fingerprint density at radius 2 is 1.93 bits per heavy atom. The summed E-state index contributed by atoms with van der Waals surface area (Å²) >= 11 is 6.32. The molecule has 1 fully saturated rings. The van der Waals surface area contributed by atoms with Crippen LogP contribution in [0.3, 0.4) is 0 Å². The average Bonchev–Trinajstić information content (AvgIpc) is 3.19. The smallest absolute Gasteiger partial charge is 0.362 e. The second kappa shape index (κ2) is 7.71. The summed E-state index contributed by atoms with van der Waals surface area (Å²) in [6, 6.07) is 7.93. The van der Waals surface area contributed by atoms with Crippen LogP contribution in [-0.2, 0) is 6.18 Å². The minimum atomic E-state index is -4.53. The van der Waals surface area contributed by atoms with Crippen LogP contribution < -0.4 is 10.5 Å². The molecule has 0 N–H and O–H groups in total. The number of rotatable bonds is 3. The molecule has 0 unspecified atom stereocenters. The van der Waals surface area contributed by atoms with E-state index in [2.05, 4.69) is 10.1 Å². The molecule has 4 rings (SSSR count). The van der Waals surface area contributed by atoms with Gasteiger partial charge in [-0.2, -0.15) is 23.0 Å². The SMILES string of the molecule is O=c1c(Cl)c(N2CCC[C@H]2c2cccc(F)c2)cnn1-c1ccc(C(F)(F)F)cn1. The molecule has 0 aliphatic carbocycles. The molecule has 3 heterocycles. The molecule has 1 aliphatic rings. The van der Waals surface area contributed by atoms with Gasteiger partial charge < -0.3 is 4.90 Å². The van der Waals surface area contributed by atoms with E-state index in [1.165, 1.54) is 18.3 Å². The number of hydrogen-bond acceptors (Lipinski definition) is 4. The monoisotopic (exact) mass is 438 g/mol. The molecule has 0 bridgehead atoms. The summed E-state index contributed by atoms with van der Waals surface area (Å²) in [7, 11) is 0. The van der Waals surface area contributed by atoms with Gasteiger partial charge in [-0.1, -0.05) is 23.7 Å². The van der Waals surface area contributed by atoms with Crippen LogP contribution in [-0.4, -0.2) is 21.3 Å². The molecule has 5 nitrogen and oxygen atoms in total. The topological polar surface area (TPSA) is 51.0 Å². The van der Waals surface area contributed by atoms with Crippen molar-refractivity contribution in [2.45, 2.75) is 25.1 Å². The highest BCUT2D eigenvalue weighted by Gasteiger charge is 2.31. The molecular weight excluding hydrogens is 424 g/mol. The zero-order chi connectivity index (χ0) is 21.5. The Bertz CT molecular complexity index is 1130. The molecule has 0 saturated carbocycles. The third-order valence-corrected chi connectivity index (χ3v) is 5.34. The first-order valence-corrected chi connectivity index (χ1v) is 9.47. The van der Waals surface area contributed by atoms with Crippen molar-refractivity contribution >= 4 is 17.3 Å². The molecule has 10 heteroatoms. The molecule has 0 amide bonds. The van der Waals surface area contributed by atoms with E-state index in [1.807, 2.05) is 4.90 Å². The summed E-state index contributed by atoms with van der Waals surface area (Å²) in [5, 5.41) is 3.92. The lowest BCUT2D eigenvalue weighted by atomic mass is 10.0. The number of hydrogen-bond donors (Lipinski definition) is 0. The van der Waals surface area contributed by atoms with Crippen molar-refractivity contribution in [2.75, 3.05) is 11.4 Å². The van der Waals surface area contributed by atoms with Gasteiger partial charge in [-0.05, 0) is 42.7 Å². The largest absolute Gasteiger partial charge is 0.417 e. The second-order valence-corrected chi connectivity index (χ2v) is 7.25. The summed E-state index contributed by atoms with van der Waals surface area (Å²) in [6.07, 6.45) is -0.954. The van der Waals surface area contributed by atoms with E-state index in [-0.39, 0.29) is 22.7 Å². The lowest BCUT2D eigenvalue weighted by molar-refractivity contribution is -0.137. The first-order valence-electron chi connectivity index (χ1n) is 9.09. The number of pyridine rings is 1. The fraction of sp³-hybridized carbons (Fsp3) is 0.250. The highest BCUT2D eigenvalue weighted by atomic mass is 35.5. The van der Waals surface area contributed by atoms with Gasteiger partial charge in [-0.25, -0.2) is 9.37 Å². The maximum atomic E-state index is 13.6. The molecule has 2 aromatic heterocycles. The average molecular weight is 439 g/mol. The van der Waals surface area contributed by atoms with Crippen molar-refractivity contribution in [3.63, 3.8) is 0 Å². The van der Waals surface area contributed by atoms with Crippen LogP contribution in [0.4, 0.5) is 23.2 Å². The van der Waals surface area contributed by atoms with E-state index in [0.717, 1.165) is 35.2 Å². The van der Waals surface area contributed by atoms with E-state index in [9.17, 15) is 22.4 Å². The Kier molecular flexibility index (Phi) is 5.23. The van der Waals surface area contributed by atoms with Crippen LogP contribution in [0.2, 0.25) is 5.02 Å². The van der Waals surface area contributed by atoms with Gasteiger partial charge in [-0.3, -0.25) is 4.79 Å². The van der Waals surface area contributed by atoms with Gasteiger partial charge in [0.1, 0.15) is 10.8 Å². The van der Waals surface area contributed by atoms with Gasteiger partial charge in [0.05, 0.1) is 23.5 Å². The van der Waals surface area contributed by atoms with E-state index in [4.69, 9.17) is 11.6 Å². The van der Waals surface area contributed by atoms with Gasteiger partial charge in [0.25, 0.3) is 5.56 Å². The van der Waals surface area contributed by atoms with Gasteiger partial charge >= 0.3 is 6.18 Å². The fourth-order valence-electron chi connectivity index (χ4n) is 3.58. The van der Waals surface area contributed by atoms with Gasteiger partial charge in [0.15, 0.2) is 5.82 Å². The van der Waals surface area contributed by atoms with Gasteiger partial charge in [0, 0.05) is 12.7 Å². The first-order chi connectivity index (χ1) is 14.3. The number of halogens is 5. The molecule has 1 aliphatic heterocycles. The molecule has 156 valence electrons. The maximum Gasteiger partial charge on any atom is 0.417 e. The zero-order valence-electron chi connectivity index (χ0n) is 15.4. The maximum absolute atomic E-state index is 13.6. The minimum absolute atomic E-state index is 0.0791. The molecule has 1 aromatic carbocycles. The quantitative estimate of drug-likeness (QED) is 0.552. The van der Waals surface area contributed by atoms with Crippen LogP contribution in [0.25, 0.3) is 5.82 Å². The Morgan fingerprint density at radius 3 is 2.60 bits per heavy atom. The highest BCUT2D eigenvalue weighted by Crippen LogP contribution is 2.38. The fourth-order valence-corrected chi connectivity index (χ4v) is 3.82. The van der Waals surface area contributed by atoms with Crippen molar-refractivity contribution in [3.8, 4) is 5.82 Å². The lowest BCUT2D eigenvalue weighted by Crippen LogP contribution is -2.29. The third-order valence-electron chi connectivity index (χ3n) is 4.99. The molecular formula is C20H15ClF4N4O. The molecule has 0 spiro atoms. The van der Waals surface area contributed by atoms with Crippen molar-refractivity contribution in [2.24, 2.45) is 0 Å². The normalized spacial score (nSPS) is 16.8. The Morgan fingerprint density at radius 1 is 1.13 bits per heavy atom. The number of anilines is 1. The first kappa shape index (κ1) is 20.3. The van der Waals surface area contributed by atoms with Crippen LogP contribution in [0.1, 0.15) is 30.0 Å². The van der Waals surface area contributed by atoms with E-state index < -0.39 is 17.3 Å². The molecule has 1 saturated heterocycles. The van der Waals surface area contributed by atoms with E-state index in [1.54, 1.807) is 12.1 Å². The Balaban J connectivity index is 1.68. The number of alkyl halides is 3. The Labute approximate surface area is 173 Å². The van der Waals surface area contributed by atoms with Crippen molar-refractivity contribution in [1.82, 2.24) is 14.8 Å². The van der Waals surface area contributed by atoms with Gasteiger partial charge in [-0.15, -0.1) is 0 Å². The summed E-state index contributed by atoms with van der Waals surface area (Å²) in [5.74, 6) is -0.433. The number of benzene rings is 1. The lowest BCUT2D eigenvalue weighted by Gasteiger charge is -2.27. The number of aromatic nitrogens is 3. The zero-order valence-corrected chi connectivity index (χ0v) is 16.2. The third kappa shape index (κ3) is 3.77. The molecule has 1 atom stereocenters. The van der Waals surface area contributed by atoms with Crippen molar-refractivity contribution < 1.29 is 17.6 Å². The summed E-state index contributed by atoms with van der Waals surface area (Å²) < 4.78 is 52.7. The summed E-state index contributed by atoms with van der Waals surface area (Å²) in [4.78, 5) is 18.3. The molecule has 0 radical (unpaired) electrons. The molecule has 3 aromatic rings. The van der Waals surface area contributed by atoms with Crippen molar-refractivity contribution in [1.29, 1.82) is 0 Å². The summed E-state index contributed by atoms with van der Waals surface area (Å²) in [5.41, 5.74) is -0.489. The molecule has 30 heavy (non-hydrogen) atoms. The predicted molar refractivity (Wildman–Crippen MR) is 103 cm³/mol. The van der Waals surface area contributed by atoms with Crippen LogP contribution in [0.5, 0.6) is 0 Å². The predicted octanol–water partition coefficient (Wildman–Crippen LogP) is 4.78. The van der Waals surface area contributed by atoms with Crippen molar-refractivity contribution in [3.05, 3.63) is 81.1 Å². The van der Waals surface area contributed by atoms with Crippen LogP contribution in [0, 0.1) is 5.82 Å². The standard InChI is InChI=1S/C20H15ClF4N4O/c21-18-16(28-8-2-5-15(28)12-3-1-4-14(22)9-12)11-27-29(19(18)30)17-7-6-13(10-26-17)20(23,24)25/h1,3-4,6-7,9-11,15H,2,5,8H2/t15-/m0/s1. The van der Waals surface area contributed by atoms with E-state index >= 15 is 0 Å². The number of nitrogens with zero attached hydrogens (tertiary/aromatic N) is 4. The highest BCUT2D eigenvalue weighted by molar-refractivity contribution is 6.33. The Hall–Kier alpha value is -2.94. The van der Waals surface area contributed by atoms with Gasteiger partial charge in [0.2, 0.25) is 0 Å². The summed E-state index contributed by atoms with van der Waals surface area (Å²) in [6.45, 7) is 0.602.